The molecule has 4 fully saturated rings. The lowest BCUT2D eigenvalue weighted by Gasteiger charge is -2.54. The summed E-state index contributed by atoms with van der Waals surface area (Å²) >= 11 is 0. The van der Waals surface area contributed by atoms with Crippen LogP contribution in [0.15, 0.2) is 4.99 Å². The summed E-state index contributed by atoms with van der Waals surface area (Å²) in [7, 11) is 0. The zero-order valence-corrected chi connectivity index (χ0v) is 16.6. The van der Waals surface area contributed by atoms with Gasteiger partial charge in [-0.1, -0.05) is 34.1 Å². The van der Waals surface area contributed by atoms with Crippen LogP contribution in [-0.4, -0.2) is 13.3 Å². The fraction of sp³-hybridized carbons (Fsp3) is 0.957. The minimum Gasteiger partial charge on any atom is -0.301 e. The lowest BCUT2D eigenvalue weighted by atomic mass is 9.50. The average molecular weight is 330 g/mol. The normalized spacial score (nSPS) is 54.2. The number of hydrogen-bond donors (Lipinski definition) is 0. The van der Waals surface area contributed by atoms with Crippen molar-refractivity contribution in [1.29, 1.82) is 0 Å². The van der Waals surface area contributed by atoms with Crippen molar-refractivity contribution < 1.29 is 0 Å². The summed E-state index contributed by atoms with van der Waals surface area (Å²) in [6.45, 7) is 15.2. The lowest BCUT2D eigenvalue weighted by molar-refractivity contribution is -0.0613. The molecule has 9 atom stereocenters. The van der Waals surface area contributed by atoms with Gasteiger partial charge in [-0.05, 0) is 104 Å². The van der Waals surface area contributed by atoms with Gasteiger partial charge in [-0.25, -0.2) is 0 Å². The second kappa shape index (κ2) is 5.85. The molecule has 9 unspecified atom stereocenters. The molecule has 4 rings (SSSR count). The van der Waals surface area contributed by atoms with Gasteiger partial charge in [-0.15, -0.1) is 0 Å². The maximum absolute atomic E-state index is 4.14. The van der Waals surface area contributed by atoms with E-state index in [1.54, 1.807) is 6.42 Å². The van der Waals surface area contributed by atoms with Gasteiger partial charge in [-0.3, -0.25) is 0 Å². The predicted octanol–water partition coefficient (Wildman–Crippen LogP) is 6.23. The van der Waals surface area contributed by atoms with Gasteiger partial charge < -0.3 is 4.99 Å². The molecule has 0 saturated heterocycles. The van der Waals surface area contributed by atoms with E-state index in [9.17, 15) is 0 Å². The second-order valence-corrected chi connectivity index (χ2v) is 10.6. The van der Waals surface area contributed by atoms with Crippen LogP contribution in [0.4, 0.5) is 0 Å². The predicted molar refractivity (Wildman–Crippen MR) is 103 cm³/mol. The highest BCUT2D eigenvalue weighted by Crippen LogP contribution is 2.72. The third-order valence-corrected chi connectivity index (χ3v) is 10.1. The zero-order valence-electron chi connectivity index (χ0n) is 16.6. The molecule has 4 aliphatic carbocycles. The van der Waals surface area contributed by atoms with Gasteiger partial charge in [0.2, 0.25) is 0 Å². The first kappa shape index (κ1) is 17.1. The Kier molecular flexibility index (Phi) is 4.17. The van der Waals surface area contributed by atoms with Gasteiger partial charge in [0.15, 0.2) is 0 Å². The molecule has 0 heterocycles. The monoisotopic (exact) mass is 329 g/mol. The Hall–Kier alpha value is -0.330. The fourth-order valence-corrected chi connectivity index (χ4v) is 8.70. The number of fused-ring (bicyclic) bond motifs is 5. The standard InChI is InChI=1S/C23H39N/c1-15(10-12-24-5)19-8-9-20-18-14-17-7-6-11-22(17,3)21(18)13-16(2)23(19,20)4/h15-21H,5-14H2,1-4H3. The van der Waals surface area contributed by atoms with E-state index in [0.717, 1.165) is 48.0 Å². The van der Waals surface area contributed by atoms with Crippen molar-refractivity contribution in [3.05, 3.63) is 0 Å². The highest BCUT2D eigenvalue weighted by Gasteiger charge is 2.64. The van der Waals surface area contributed by atoms with E-state index >= 15 is 0 Å². The molecule has 0 aliphatic heterocycles. The topological polar surface area (TPSA) is 12.4 Å². The molecular formula is C23H39N. The molecule has 0 aromatic carbocycles. The Morgan fingerprint density at radius 2 is 1.92 bits per heavy atom. The molecule has 0 aromatic heterocycles. The van der Waals surface area contributed by atoms with E-state index < -0.39 is 0 Å². The molecule has 24 heavy (non-hydrogen) atoms. The van der Waals surface area contributed by atoms with Crippen LogP contribution in [0, 0.1) is 52.3 Å². The molecule has 1 heteroatoms. The Balaban J connectivity index is 1.60. The number of nitrogens with zero attached hydrogens (tertiary/aromatic N) is 1. The number of rotatable bonds is 4. The highest BCUT2D eigenvalue weighted by atomic mass is 14.7. The minimum atomic E-state index is 0.594. The van der Waals surface area contributed by atoms with Crippen LogP contribution >= 0.6 is 0 Å². The minimum absolute atomic E-state index is 0.594. The van der Waals surface area contributed by atoms with Crippen molar-refractivity contribution in [2.45, 2.75) is 79.1 Å². The summed E-state index contributed by atoms with van der Waals surface area (Å²) in [4.78, 5) is 4.14. The summed E-state index contributed by atoms with van der Waals surface area (Å²) in [5.74, 6) is 6.82. The largest absolute Gasteiger partial charge is 0.301 e. The van der Waals surface area contributed by atoms with Crippen LogP contribution in [0.1, 0.15) is 79.1 Å². The molecule has 1 nitrogen and oxygen atoms in total. The Morgan fingerprint density at radius 3 is 2.67 bits per heavy atom. The summed E-state index contributed by atoms with van der Waals surface area (Å²) in [6, 6.07) is 0. The fourth-order valence-electron chi connectivity index (χ4n) is 8.70. The smallest absolute Gasteiger partial charge is 0.0384 e. The van der Waals surface area contributed by atoms with Gasteiger partial charge >= 0.3 is 0 Å². The van der Waals surface area contributed by atoms with Crippen molar-refractivity contribution in [2.24, 2.45) is 57.2 Å². The van der Waals surface area contributed by atoms with E-state index in [2.05, 4.69) is 39.4 Å². The molecule has 0 aromatic rings. The SMILES string of the molecule is C=NCCC(C)C1CCC2C3CC4CCCC4(C)C3CC(C)C12C. The zero-order chi connectivity index (χ0) is 17.1. The molecule has 4 aliphatic rings. The summed E-state index contributed by atoms with van der Waals surface area (Å²) in [5, 5.41) is 0. The van der Waals surface area contributed by atoms with Crippen LogP contribution in [0.5, 0.6) is 0 Å². The van der Waals surface area contributed by atoms with Crippen molar-refractivity contribution in [2.75, 3.05) is 6.54 Å². The summed E-state index contributed by atoms with van der Waals surface area (Å²) < 4.78 is 0. The average Bonchev–Trinajstić information content (AvgIpc) is 3.16. The van der Waals surface area contributed by atoms with Crippen LogP contribution in [0.2, 0.25) is 0 Å². The van der Waals surface area contributed by atoms with Gasteiger partial charge in [-0.2, -0.15) is 0 Å². The quantitative estimate of drug-likeness (QED) is 0.542. The van der Waals surface area contributed by atoms with Crippen molar-refractivity contribution >= 4 is 6.72 Å². The van der Waals surface area contributed by atoms with E-state index in [1.165, 1.54) is 44.9 Å². The first-order valence-corrected chi connectivity index (χ1v) is 10.9. The molecule has 0 radical (unpaired) electrons. The van der Waals surface area contributed by atoms with Crippen molar-refractivity contribution in [3.63, 3.8) is 0 Å². The summed E-state index contributed by atoms with van der Waals surface area (Å²) in [6.07, 6.45) is 11.9. The Morgan fingerprint density at radius 1 is 1.12 bits per heavy atom. The van der Waals surface area contributed by atoms with Gasteiger partial charge in [0.05, 0.1) is 0 Å². The number of hydrogen-bond acceptors (Lipinski definition) is 1. The van der Waals surface area contributed by atoms with Crippen molar-refractivity contribution in [1.82, 2.24) is 0 Å². The second-order valence-electron chi connectivity index (χ2n) is 10.6. The van der Waals surface area contributed by atoms with E-state index in [4.69, 9.17) is 0 Å². The molecule has 4 saturated carbocycles. The van der Waals surface area contributed by atoms with Gasteiger partial charge in [0.1, 0.15) is 0 Å². The first-order valence-electron chi connectivity index (χ1n) is 10.9. The molecule has 136 valence electrons. The lowest BCUT2D eigenvalue weighted by Crippen LogP contribution is -2.48. The van der Waals surface area contributed by atoms with Gasteiger partial charge in [0, 0.05) is 6.54 Å². The molecular weight excluding hydrogens is 290 g/mol. The van der Waals surface area contributed by atoms with E-state index in [0.29, 0.717) is 10.8 Å². The van der Waals surface area contributed by atoms with E-state index in [1.807, 2.05) is 0 Å². The van der Waals surface area contributed by atoms with Crippen molar-refractivity contribution in [3.8, 4) is 0 Å². The molecule has 0 spiro atoms. The third-order valence-electron chi connectivity index (χ3n) is 10.1. The van der Waals surface area contributed by atoms with Crippen LogP contribution < -0.4 is 0 Å². The van der Waals surface area contributed by atoms with E-state index in [-0.39, 0.29) is 0 Å². The first-order chi connectivity index (χ1) is 11.4. The Bertz CT molecular complexity index is 498. The molecule has 0 amide bonds. The van der Waals surface area contributed by atoms with Crippen LogP contribution in [0.3, 0.4) is 0 Å². The van der Waals surface area contributed by atoms with Crippen LogP contribution in [0.25, 0.3) is 0 Å². The maximum atomic E-state index is 4.14. The molecule has 0 N–H and O–H groups in total. The van der Waals surface area contributed by atoms with Gasteiger partial charge in [0.25, 0.3) is 0 Å². The number of aliphatic imine (C=N–C) groups is 1. The molecule has 0 bridgehead atoms. The Labute approximate surface area is 150 Å². The highest BCUT2D eigenvalue weighted by molar-refractivity contribution is 5.23. The maximum Gasteiger partial charge on any atom is 0.0384 e. The summed E-state index contributed by atoms with van der Waals surface area (Å²) in [5.41, 5.74) is 1.30. The third kappa shape index (κ3) is 2.15. The van der Waals surface area contributed by atoms with Crippen LogP contribution in [-0.2, 0) is 0 Å².